The van der Waals surface area contributed by atoms with Gasteiger partial charge in [-0.3, -0.25) is 4.99 Å². The molecule has 0 spiro atoms. The predicted molar refractivity (Wildman–Crippen MR) is 125 cm³/mol. The number of fused-ring (bicyclic) bond motifs is 1. The molecule has 0 fully saturated rings. The summed E-state index contributed by atoms with van der Waals surface area (Å²) in [7, 11) is 0. The van der Waals surface area contributed by atoms with Gasteiger partial charge in [0.2, 0.25) is 5.95 Å². The Hall–Kier alpha value is -3.30. The van der Waals surface area contributed by atoms with E-state index in [2.05, 4.69) is 20.3 Å². The molecule has 0 radical (unpaired) electrons. The van der Waals surface area contributed by atoms with Crippen LogP contribution in [0, 0.1) is 0 Å². The Morgan fingerprint density at radius 3 is 2.65 bits per heavy atom. The minimum atomic E-state index is -0.366. The van der Waals surface area contributed by atoms with E-state index in [1.165, 1.54) is 0 Å². The highest BCUT2D eigenvalue weighted by Gasteiger charge is 2.29. The van der Waals surface area contributed by atoms with Crippen molar-refractivity contribution in [1.29, 1.82) is 0 Å². The third kappa shape index (κ3) is 4.14. The minimum Gasteiger partial charge on any atom is -0.384 e. The van der Waals surface area contributed by atoms with Crippen molar-refractivity contribution in [3.8, 4) is 0 Å². The maximum absolute atomic E-state index is 6.44. The van der Waals surface area contributed by atoms with E-state index in [-0.39, 0.29) is 29.0 Å². The van der Waals surface area contributed by atoms with Crippen LogP contribution < -0.4 is 38.0 Å². The van der Waals surface area contributed by atoms with E-state index in [0.29, 0.717) is 23.1 Å². The molecule has 0 saturated carbocycles. The lowest BCUT2D eigenvalue weighted by Gasteiger charge is -2.35. The molecule has 2 aromatic heterocycles. The van der Waals surface area contributed by atoms with Gasteiger partial charge in [0.1, 0.15) is 22.8 Å². The molecule has 1 aliphatic rings. The zero-order chi connectivity index (χ0) is 22.1. The summed E-state index contributed by atoms with van der Waals surface area (Å²) in [6, 6.07) is 9.01. The fraction of sp³-hybridized carbons (Fsp3) is 0.200. The van der Waals surface area contributed by atoms with Crippen molar-refractivity contribution in [1.82, 2.24) is 15.0 Å². The van der Waals surface area contributed by atoms with E-state index in [1.54, 1.807) is 12.3 Å². The third-order valence-corrected chi connectivity index (χ3v) is 5.64. The van der Waals surface area contributed by atoms with Crippen LogP contribution in [-0.4, -0.2) is 27.2 Å². The number of nitrogens with one attached hydrogen (secondary N) is 1. The van der Waals surface area contributed by atoms with E-state index in [9.17, 15) is 0 Å². The van der Waals surface area contributed by atoms with Gasteiger partial charge in [0.15, 0.2) is 5.82 Å². The van der Waals surface area contributed by atoms with E-state index < -0.39 is 0 Å². The second-order valence-electron chi connectivity index (χ2n) is 6.98. The second-order valence-corrected chi connectivity index (χ2v) is 7.77. The maximum Gasteiger partial charge on any atom is 0.224 e. The highest BCUT2D eigenvalue weighted by Crippen LogP contribution is 2.29. The molecule has 2 atom stereocenters. The van der Waals surface area contributed by atoms with E-state index in [1.807, 2.05) is 42.3 Å². The Labute approximate surface area is 188 Å². The molecule has 9 nitrogen and oxygen atoms in total. The molecule has 0 amide bonds. The number of aromatic nitrogens is 3. The SMILES string of the molecule is CCC(Nc1nc(N)nc(N)c1Cl)[C@@H]1N=c2cccc(Cl)c2=CN1c1ccc(N)nc1. The molecule has 160 valence electrons. The summed E-state index contributed by atoms with van der Waals surface area (Å²) < 4.78 is 0. The fourth-order valence-electron chi connectivity index (χ4n) is 3.39. The minimum absolute atomic E-state index is 0.0307. The Morgan fingerprint density at radius 1 is 1.13 bits per heavy atom. The molecular formula is C20H21Cl2N9. The molecule has 1 aromatic carbocycles. The second kappa shape index (κ2) is 8.44. The van der Waals surface area contributed by atoms with Crippen LogP contribution in [0.15, 0.2) is 41.5 Å². The van der Waals surface area contributed by atoms with Gasteiger partial charge >= 0.3 is 0 Å². The van der Waals surface area contributed by atoms with E-state index in [0.717, 1.165) is 16.3 Å². The monoisotopic (exact) mass is 457 g/mol. The Kier molecular flexibility index (Phi) is 5.71. The summed E-state index contributed by atoms with van der Waals surface area (Å²) in [4.78, 5) is 19.3. The average Bonchev–Trinajstić information content (AvgIpc) is 2.75. The molecule has 0 saturated heterocycles. The van der Waals surface area contributed by atoms with Gasteiger partial charge in [-0.1, -0.05) is 36.2 Å². The fourth-order valence-corrected chi connectivity index (χ4v) is 3.75. The smallest absolute Gasteiger partial charge is 0.224 e. The van der Waals surface area contributed by atoms with Crippen LogP contribution in [0.5, 0.6) is 0 Å². The largest absolute Gasteiger partial charge is 0.384 e. The number of nitrogens with zero attached hydrogens (tertiary/aromatic N) is 5. The topological polar surface area (TPSA) is 144 Å². The average molecular weight is 458 g/mol. The molecule has 1 unspecified atom stereocenters. The number of rotatable bonds is 5. The highest BCUT2D eigenvalue weighted by atomic mass is 35.5. The van der Waals surface area contributed by atoms with E-state index >= 15 is 0 Å². The summed E-state index contributed by atoms with van der Waals surface area (Å²) in [6.45, 7) is 2.03. The predicted octanol–water partition coefficient (Wildman–Crippen LogP) is 2.02. The summed E-state index contributed by atoms with van der Waals surface area (Å²) in [5.74, 6) is 0.913. The number of halogens is 2. The first-order valence-corrected chi connectivity index (χ1v) is 10.3. The van der Waals surface area contributed by atoms with Gasteiger partial charge in [0.25, 0.3) is 0 Å². The van der Waals surface area contributed by atoms with Crippen molar-refractivity contribution >= 4 is 58.5 Å². The molecule has 4 rings (SSSR count). The number of nitrogen functional groups attached to an aromatic ring is 3. The summed E-state index contributed by atoms with van der Waals surface area (Å²) in [5, 5.41) is 5.74. The van der Waals surface area contributed by atoms with Crippen LogP contribution in [0.2, 0.25) is 10.0 Å². The lowest BCUT2D eigenvalue weighted by atomic mass is 10.1. The van der Waals surface area contributed by atoms with Crippen LogP contribution in [0.25, 0.3) is 6.20 Å². The van der Waals surface area contributed by atoms with Crippen molar-refractivity contribution in [2.45, 2.75) is 25.6 Å². The van der Waals surface area contributed by atoms with Gasteiger partial charge in [-0.15, -0.1) is 0 Å². The van der Waals surface area contributed by atoms with Gasteiger partial charge < -0.3 is 27.4 Å². The summed E-state index contributed by atoms with van der Waals surface area (Å²) >= 11 is 12.8. The number of hydrogen-bond donors (Lipinski definition) is 4. The molecule has 11 heteroatoms. The highest BCUT2D eigenvalue weighted by molar-refractivity contribution is 6.35. The lowest BCUT2D eigenvalue weighted by Crippen LogP contribution is -2.50. The van der Waals surface area contributed by atoms with Crippen LogP contribution in [-0.2, 0) is 0 Å². The zero-order valence-corrected chi connectivity index (χ0v) is 18.1. The number of anilines is 5. The normalized spacial score (nSPS) is 16.1. The number of benzene rings is 1. The molecule has 31 heavy (non-hydrogen) atoms. The molecule has 3 heterocycles. The quantitative estimate of drug-likeness (QED) is 0.455. The van der Waals surface area contributed by atoms with Crippen molar-refractivity contribution in [2.24, 2.45) is 4.99 Å². The van der Waals surface area contributed by atoms with Crippen LogP contribution in [0.3, 0.4) is 0 Å². The van der Waals surface area contributed by atoms with Crippen molar-refractivity contribution in [2.75, 3.05) is 27.4 Å². The number of hydrogen-bond acceptors (Lipinski definition) is 9. The number of pyridine rings is 1. The standard InChI is InChI=1S/C20H21Cl2N9/c1-2-13(27-18-16(22)17(24)29-20(25)30-18)19-28-14-5-3-4-12(21)11(14)9-31(19)10-6-7-15(23)26-8-10/h3-9,13,19H,2H2,1H3,(H2,23,26)(H5,24,25,27,29,30)/t13?,19-/m1/s1. The van der Waals surface area contributed by atoms with E-state index in [4.69, 9.17) is 45.4 Å². The van der Waals surface area contributed by atoms with Crippen molar-refractivity contribution in [3.63, 3.8) is 0 Å². The van der Waals surface area contributed by atoms with Gasteiger partial charge in [-0.2, -0.15) is 9.97 Å². The summed E-state index contributed by atoms with van der Waals surface area (Å²) in [5.41, 5.74) is 18.2. The van der Waals surface area contributed by atoms with Crippen molar-refractivity contribution < 1.29 is 0 Å². The van der Waals surface area contributed by atoms with Crippen LogP contribution in [0.4, 0.5) is 29.1 Å². The van der Waals surface area contributed by atoms with Gasteiger partial charge in [-0.05, 0) is 30.7 Å². The Morgan fingerprint density at radius 2 is 1.94 bits per heavy atom. The van der Waals surface area contributed by atoms with Gasteiger partial charge in [0.05, 0.1) is 28.3 Å². The molecule has 1 aliphatic heterocycles. The molecule has 0 aliphatic carbocycles. The first-order valence-electron chi connectivity index (χ1n) is 9.56. The van der Waals surface area contributed by atoms with Crippen LogP contribution in [0.1, 0.15) is 13.3 Å². The molecule has 7 N–H and O–H groups in total. The zero-order valence-electron chi connectivity index (χ0n) is 16.6. The molecule has 3 aromatic rings. The van der Waals surface area contributed by atoms with Gasteiger partial charge in [-0.25, -0.2) is 4.98 Å². The molecule has 0 bridgehead atoms. The Bertz CT molecular complexity index is 1230. The third-order valence-electron chi connectivity index (χ3n) is 4.94. The first kappa shape index (κ1) is 21.0. The Balaban J connectivity index is 1.81. The summed E-state index contributed by atoms with van der Waals surface area (Å²) in [6.07, 6.45) is 3.97. The first-order chi connectivity index (χ1) is 14.9. The maximum atomic E-state index is 6.44. The van der Waals surface area contributed by atoms with Crippen LogP contribution >= 0.6 is 23.2 Å². The van der Waals surface area contributed by atoms with Crippen molar-refractivity contribution in [3.05, 3.63) is 57.1 Å². The molecular weight excluding hydrogens is 437 g/mol. The lowest BCUT2D eigenvalue weighted by molar-refractivity contribution is 0.538. The number of nitrogens with two attached hydrogens (primary N) is 3. The van der Waals surface area contributed by atoms with Gasteiger partial charge in [0, 0.05) is 11.4 Å².